The largest absolute Gasteiger partial charge is 0.461 e. The van der Waals surface area contributed by atoms with Gasteiger partial charge in [0.2, 0.25) is 0 Å². The van der Waals surface area contributed by atoms with Crippen LogP contribution in [0.15, 0.2) is 5.38 Å². The van der Waals surface area contributed by atoms with Gasteiger partial charge in [0, 0.05) is 18.5 Å². The van der Waals surface area contributed by atoms with Crippen molar-refractivity contribution in [1.29, 1.82) is 0 Å². The highest BCUT2D eigenvalue weighted by molar-refractivity contribution is 7.91. The van der Waals surface area contributed by atoms with Crippen LogP contribution in [0, 0.1) is 0 Å². The first-order valence-corrected chi connectivity index (χ1v) is 8.69. The Labute approximate surface area is 116 Å². The highest BCUT2D eigenvalue weighted by Crippen LogP contribution is 2.26. The first-order valence-electron chi connectivity index (χ1n) is 5.99. The van der Waals surface area contributed by atoms with Gasteiger partial charge in [-0.3, -0.25) is 0 Å². The lowest BCUT2D eigenvalue weighted by Gasteiger charge is -2.22. The van der Waals surface area contributed by atoms with E-state index >= 15 is 0 Å². The summed E-state index contributed by atoms with van der Waals surface area (Å²) in [5, 5.41) is 2.28. The number of hydrogen-bond acceptors (Lipinski definition) is 7. The molecule has 1 atom stereocenters. The van der Waals surface area contributed by atoms with Crippen LogP contribution in [0.5, 0.6) is 0 Å². The Kier molecular flexibility index (Phi) is 4.10. The predicted molar refractivity (Wildman–Crippen MR) is 73.5 cm³/mol. The van der Waals surface area contributed by atoms with Crippen LogP contribution in [-0.2, 0) is 14.6 Å². The number of sulfone groups is 1. The number of rotatable bonds is 4. The Balaban J connectivity index is 2.08. The molecule has 1 saturated heterocycles. The lowest BCUT2D eigenvalue weighted by molar-refractivity contribution is 0.0520. The molecule has 6 nitrogen and oxygen atoms in total. The van der Waals surface area contributed by atoms with Crippen molar-refractivity contribution in [2.45, 2.75) is 19.4 Å². The van der Waals surface area contributed by atoms with Gasteiger partial charge in [-0.25, -0.2) is 18.2 Å². The lowest BCUT2D eigenvalue weighted by atomic mass is 10.2. The highest BCUT2D eigenvalue weighted by atomic mass is 32.2. The van der Waals surface area contributed by atoms with Gasteiger partial charge >= 0.3 is 5.97 Å². The van der Waals surface area contributed by atoms with Crippen molar-refractivity contribution in [2.75, 3.05) is 30.1 Å². The van der Waals surface area contributed by atoms with Crippen LogP contribution < -0.4 is 4.90 Å². The van der Waals surface area contributed by atoms with Crippen LogP contribution in [-0.4, -0.2) is 50.6 Å². The van der Waals surface area contributed by atoms with E-state index < -0.39 is 15.8 Å². The summed E-state index contributed by atoms with van der Waals surface area (Å²) in [4.78, 5) is 17.5. The van der Waals surface area contributed by atoms with Gasteiger partial charge in [0.1, 0.15) is 0 Å². The fraction of sp³-hybridized carbons (Fsp3) is 0.636. The van der Waals surface area contributed by atoms with Crippen molar-refractivity contribution >= 4 is 32.3 Å². The first-order chi connectivity index (χ1) is 8.93. The summed E-state index contributed by atoms with van der Waals surface area (Å²) in [6.07, 6.45) is 0.604. The molecule has 0 bridgehead atoms. The molecular formula is C11H16N2O4S2. The van der Waals surface area contributed by atoms with Gasteiger partial charge in [0.15, 0.2) is 20.7 Å². The van der Waals surface area contributed by atoms with Gasteiger partial charge in [-0.1, -0.05) is 0 Å². The average Bonchev–Trinajstić information content (AvgIpc) is 2.95. The normalized spacial score (nSPS) is 21.3. The zero-order chi connectivity index (χ0) is 14.0. The quantitative estimate of drug-likeness (QED) is 0.771. The fourth-order valence-corrected chi connectivity index (χ4v) is 4.57. The third-order valence-electron chi connectivity index (χ3n) is 3.03. The monoisotopic (exact) mass is 304 g/mol. The summed E-state index contributed by atoms with van der Waals surface area (Å²) < 4.78 is 27.8. The van der Waals surface area contributed by atoms with Crippen molar-refractivity contribution in [2.24, 2.45) is 0 Å². The van der Waals surface area contributed by atoms with Gasteiger partial charge in [-0.05, 0) is 13.3 Å². The molecule has 1 aliphatic heterocycles. The van der Waals surface area contributed by atoms with E-state index in [1.807, 2.05) is 4.90 Å². The SMILES string of the molecule is CCOC(=O)c1csc(N(C)C2CCS(=O)(=O)C2)n1. The number of esters is 1. The summed E-state index contributed by atoms with van der Waals surface area (Å²) in [6, 6.07) is -0.0637. The van der Waals surface area contributed by atoms with Gasteiger partial charge in [0.05, 0.1) is 18.1 Å². The standard InChI is InChI=1S/C11H16N2O4S2/c1-3-17-10(14)9-6-18-11(12-9)13(2)8-4-5-19(15,16)7-8/h6,8H,3-5,7H2,1-2H3. The molecule has 2 heterocycles. The minimum absolute atomic E-state index is 0.0637. The molecule has 1 aromatic heterocycles. The van der Waals surface area contributed by atoms with E-state index in [9.17, 15) is 13.2 Å². The Hall–Kier alpha value is -1.15. The fourth-order valence-electron chi connectivity index (χ4n) is 1.96. The van der Waals surface area contributed by atoms with Crippen LogP contribution in [0.4, 0.5) is 5.13 Å². The maximum absolute atomic E-state index is 11.5. The molecule has 8 heteroatoms. The molecule has 0 amide bonds. The smallest absolute Gasteiger partial charge is 0.357 e. The number of anilines is 1. The molecule has 0 N–H and O–H groups in total. The van der Waals surface area contributed by atoms with Crippen molar-refractivity contribution in [3.05, 3.63) is 11.1 Å². The van der Waals surface area contributed by atoms with E-state index in [0.717, 1.165) is 0 Å². The molecule has 0 aromatic carbocycles. The lowest BCUT2D eigenvalue weighted by Crippen LogP contribution is -2.32. The van der Waals surface area contributed by atoms with Crippen molar-refractivity contribution in [3.8, 4) is 0 Å². The maximum Gasteiger partial charge on any atom is 0.357 e. The number of thiazole rings is 1. The number of carbonyl (C=O) groups is 1. The molecule has 1 aromatic rings. The molecular weight excluding hydrogens is 288 g/mol. The summed E-state index contributed by atoms with van der Waals surface area (Å²) in [7, 11) is -1.12. The Morgan fingerprint density at radius 2 is 2.37 bits per heavy atom. The minimum Gasteiger partial charge on any atom is -0.461 e. The van der Waals surface area contributed by atoms with E-state index in [2.05, 4.69) is 4.98 Å². The third-order valence-corrected chi connectivity index (χ3v) is 5.72. The Morgan fingerprint density at radius 1 is 1.63 bits per heavy atom. The molecule has 1 fully saturated rings. The summed E-state index contributed by atoms with van der Waals surface area (Å²) in [5.74, 6) is -0.0758. The van der Waals surface area contributed by atoms with E-state index in [0.29, 0.717) is 18.2 Å². The van der Waals surface area contributed by atoms with Gasteiger partial charge in [-0.15, -0.1) is 11.3 Å². The van der Waals surface area contributed by atoms with Gasteiger partial charge < -0.3 is 9.64 Å². The molecule has 0 aliphatic carbocycles. The summed E-state index contributed by atoms with van der Waals surface area (Å²) in [6.45, 7) is 2.04. The number of ether oxygens (including phenoxy) is 1. The predicted octanol–water partition coefficient (Wildman–Crippen LogP) is 0.943. The molecule has 0 saturated carbocycles. The average molecular weight is 304 g/mol. The topological polar surface area (TPSA) is 76.6 Å². The summed E-state index contributed by atoms with van der Waals surface area (Å²) >= 11 is 1.32. The van der Waals surface area contributed by atoms with Crippen LogP contribution in [0.25, 0.3) is 0 Å². The number of aromatic nitrogens is 1. The Morgan fingerprint density at radius 3 is 2.95 bits per heavy atom. The van der Waals surface area contributed by atoms with Gasteiger partial charge in [0.25, 0.3) is 0 Å². The molecule has 106 valence electrons. The minimum atomic E-state index is -2.92. The molecule has 1 aliphatic rings. The zero-order valence-electron chi connectivity index (χ0n) is 10.8. The van der Waals surface area contributed by atoms with Crippen LogP contribution in [0.2, 0.25) is 0 Å². The third kappa shape index (κ3) is 3.24. The number of nitrogens with zero attached hydrogens (tertiary/aromatic N) is 2. The molecule has 1 unspecified atom stereocenters. The van der Waals surface area contributed by atoms with Crippen molar-refractivity contribution < 1.29 is 17.9 Å². The zero-order valence-corrected chi connectivity index (χ0v) is 12.5. The van der Waals surface area contributed by atoms with E-state index in [1.54, 1.807) is 19.4 Å². The first kappa shape index (κ1) is 14.3. The maximum atomic E-state index is 11.5. The van der Waals surface area contributed by atoms with Crippen LogP contribution >= 0.6 is 11.3 Å². The second kappa shape index (κ2) is 5.46. The van der Waals surface area contributed by atoms with Crippen LogP contribution in [0.3, 0.4) is 0 Å². The highest BCUT2D eigenvalue weighted by Gasteiger charge is 2.32. The van der Waals surface area contributed by atoms with Crippen LogP contribution in [0.1, 0.15) is 23.8 Å². The van der Waals surface area contributed by atoms with E-state index in [-0.39, 0.29) is 23.2 Å². The van der Waals surface area contributed by atoms with Gasteiger partial charge in [-0.2, -0.15) is 0 Å². The molecule has 2 rings (SSSR count). The number of hydrogen-bond donors (Lipinski definition) is 0. The van der Waals surface area contributed by atoms with E-state index in [1.165, 1.54) is 11.3 Å². The second-order valence-electron chi connectivity index (χ2n) is 4.40. The molecule has 19 heavy (non-hydrogen) atoms. The second-order valence-corrected chi connectivity index (χ2v) is 7.47. The van der Waals surface area contributed by atoms with E-state index in [4.69, 9.17) is 4.74 Å². The molecule has 0 radical (unpaired) electrons. The Bertz CT molecular complexity index is 567. The number of carbonyl (C=O) groups excluding carboxylic acids is 1. The van der Waals surface area contributed by atoms with Crippen molar-refractivity contribution in [1.82, 2.24) is 4.98 Å². The molecule has 0 spiro atoms. The van der Waals surface area contributed by atoms with Crippen molar-refractivity contribution in [3.63, 3.8) is 0 Å². The summed E-state index contributed by atoms with van der Waals surface area (Å²) in [5.41, 5.74) is 0.273.